The smallest absolute Gasteiger partial charge is 0.336 e. The van der Waals surface area contributed by atoms with Crippen molar-refractivity contribution in [2.75, 3.05) is 0 Å². The highest BCUT2D eigenvalue weighted by Gasteiger charge is 2.42. The summed E-state index contributed by atoms with van der Waals surface area (Å²) >= 11 is 0. The lowest BCUT2D eigenvalue weighted by Crippen LogP contribution is -2.29. The molecule has 0 amide bonds. The summed E-state index contributed by atoms with van der Waals surface area (Å²) in [6, 6.07) is 5.39. The molecule has 116 valence electrons. The van der Waals surface area contributed by atoms with Crippen molar-refractivity contribution in [2.24, 2.45) is 0 Å². The molecule has 0 unspecified atom stereocenters. The Labute approximate surface area is 130 Å². The average molecular weight is 298 g/mol. The molecule has 3 rings (SSSR count). The van der Waals surface area contributed by atoms with E-state index in [2.05, 4.69) is 46.8 Å². The van der Waals surface area contributed by atoms with Crippen molar-refractivity contribution in [1.82, 2.24) is 0 Å². The van der Waals surface area contributed by atoms with Gasteiger partial charge < -0.3 is 9.15 Å². The van der Waals surface area contributed by atoms with Crippen LogP contribution in [-0.4, -0.2) is 6.10 Å². The summed E-state index contributed by atoms with van der Waals surface area (Å²) in [5.41, 5.74) is 3.60. The molecule has 0 spiro atoms. The van der Waals surface area contributed by atoms with Crippen LogP contribution in [0.25, 0.3) is 11.0 Å². The van der Waals surface area contributed by atoms with Gasteiger partial charge in [0.1, 0.15) is 17.4 Å². The molecule has 1 aromatic heterocycles. The topological polar surface area (TPSA) is 39.4 Å². The van der Waals surface area contributed by atoms with Crippen molar-refractivity contribution in [1.29, 1.82) is 0 Å². The van der Waals surface area contributed by atoms with Gasteiger partial charge in [0.2, 0.25) is 0 Å². The van der Waals surface area contributed by atoms with Crippen molar-refractivity contribution in [2.45, 2.75) is 52.6 Å². The minimum Gasteiger partial charge on any atom is -0.489 e. The number of benzene rings is 1. The van der Waals surface area contributed by atoms with Crippen LogP contribution < -0.4 is 10.4 Å². The fraction of sp³-hybridized carbons (Fsp3) is 0.421. The SMILES string of the molecule is CC(C)=CCc1cc2ccc(=O)oc2c2c1O[C@@H](C)C2(C)C. The standard InChI is InChI=1S/C19H22O3/c1-11(2)6-7-13-10-14-8-9-15(20)22-18(14)16-17(13)21-12(3)19(16,4)5/h6,8-10,12H,7H2,1-5H3/t12-/m0/s1. The second-order valence-electron chi connectivity index (χ2n) is 6.88. The van der Waals surface area contributed by atoms with Crippen molar-refractivity contribution in [3.05, 3.63) is 51.4 Å². The Hall–Kier alpha value is -2.03. The zero-order valence-corrected chi connectivity index (χ0v) is 13.8. The summed E-state index contributed by atoms with van der Waals surface area (Å²) < 4.78 is 11.7. The summed E-state index contributed by atoms with van der Waals surface area (Å²) in [7, 11) is 0. The first kappa shape index (κ1) is 14.9. The van der Waals surface area contributed by atoms with Gasteiger partial charge in [0.05, 0.1) is 0 Å². The largest absolute Gasteiger partial charge is 0.489 e. The van der Waals surface area contributed by atoms with Crippen molar-refractivity contribution in [3.8, 4) is 5.75 Å². The molecular weight excluding hydrogens is 276 g/mol. The highest BCUT2D eigenvalue weighted by Crippen LogP contribution is 2.48. The van der Waals surface area contributed by atoms with Crippen molar-refractivity contribution < 1.29 is 9.15 Å². The van der Waals surface area contributed by atoms with E-state index in [0.29, 0.717) is 5.58 Å². The number of ether oxygens (including phenoxy) is 1. The third-order valence-electron chi connectivity index (χ3n) is 4.62. The van der Waals surface area contributed by atoms with Gasteiger partial charge >= 0.3 is 5.63 Å². The Bertz CT molecular complexity index is 820. The summed E-state index contributed by atoms with van der Waals surface area (Å²) in [5.74, 6) is 0.886. The molecule has 22 heavy (non-hydrogen) atoms. The molecule has 0 radical (unpaired) electrons. The first-order chi connectivity index (χ1) is 10.3. The lowest BCUT2D eigenvalue weighted by atomic mass is 9.80. The number of fused-ring (bicyclic) bond motifs is 3. The molecule has 0 N–H and O–H groups in total. The molecule has 1 aliphatic rings. The Morgan fingerprint density at radius 2 is 2.05 bits per heavy atom. The Morgan fingerprint density at radius 3 is 2.73 bits per heavy atom. The minimum atomic E-state index is -0.317. The number of rotatable bonds is 2. The molecule has 1 aromatic carbocycles. The summed E-state index contributed by atoms with van der Waals surface area (Å²) in [6.07, 6.45) is 3.06. The van der Waals surface area contributed by atoms with Gasteiger partial charge in [0, 0.05) is 22.4 Å². The Balaban J connectivity index is 2.33. The number of allylic oxidation sites excluding steroid dienone is 2. The highest BCUT2D eigenvalue weighted by atomic mass is 16.5. The Morgan fingerprint density at radius 1 is 1.32 bits per heavy atom. The van der Waals surface area contributed by atoms with E-state index in [1.165, 1.54) is 11.6 Å². The first-order valence-electron chi connectivity index (χ1n) is 7.71. The predicted octanol–water partition coefficient (Wildman–Crippen LogP) is 4.36. The number of hydrogen-bond donors (Lipinski definition) is 0. The molecule has 2 heterocycles. The maximum atomic E-state index is 11.7. The van der Waals surface area contributed by atoms with E-state index in [9.17, 15) is 4.79 Å². The third-order valence-corrected chi connectivity index (χ3v) is 4.62. The van der Waals surface area contributed by atoms with E-state index in [-0.39, 0.29) is 17.1 Å². The average Bonchev–Trinajstić information content (AvgIpc) is 2.67. The van der Waals surface area contributed by atoms with Crippen LogP contribution in [0.3, 0.4) is 0 Å². The molecule has 0 fully saturated rings. The van der Waals surface area contributed by atoms with E-state index in [1.54, 1.807) is 0 Å². The van der Waals surface area contributed by atoms with Crippen LogP contribution in [-0.2, 0) is 11.8 Å². The van der Waals surface area contributed by atoms with Gasteiger partial charge in [0.25, 0.3) is 0 Å². The van der Waals surface area contributed by atoms with E-state index in [4.69, 9.17) is 9.15 Å². The third kappa shape index (κ3) is 2.25. The second-order valence-corrected chi connectivity index (χ2v) is 6.88. The van der Waals surface area contributed by atoms with Crippen LogP contribution >= 0.6 is 0 Å². The lowest BCUT2D eigenvalue weighted by Gasteiger charge is -2.22. The second kappa shape index (κ2) is 5.01. The summed E-state index contributed by atoms with van der Waals surface area (Å²) in [4.78, 5) is 11.7. The molecule has 3 heteroatoms. The molecule has 0 aliphatic carbocycles. The van der Waals surface area contributed by atoms with Crippen LogP contribution in [0.15, 0.2) is 39.1 Å². The van der Waals surface area contributed by atoms with Crippen LogP contribution in [0.5, 0.6) is 5.75 Å². The van der Waals surface area contributed by atoms with E-state index >= 15 is 0 Å². The van der Waals surface area contributed by atoms with Gasteiger partial charge in [-0.2, -0.15) is 0 Å². The molecule has 1 aliphatic heterocycles. The molecule has 1 atom stereocenters. The van der Waals surface area contributed by atoms with Gasteiger partial charge in [-0.05, 0) is 44.9 Å². The van der Waals surface area contributed by atoms with E-state index in [0.717, 1.165) is 28.7 Å². The first-order valence-corrected chi connectivity index (χ1v) is 7.71. The monoisotopic (exact) mass is 298 g/mol. The molecular formula is C19H22O3. The molecule has 0 saturated heterocycles. The molecule has 0 saturated carbocycles. The van der Waals surface area contributed by atoms with E-state index < -0.39 is 0 Å². The predicted molar refractivity (Wildman–Crippen MR) is 88.7 cm³/mol. The summed E-state index contributed by atoms with van der Waals surface area (Å²) in [5, 5.41) is 0.960. The van der Waals surface area contributed by atoms with Crippen LogP contribution in [0.2, 0.25) is 0 Å². The quantitative estimate of drug-likeness (QED) is 0.611. The van der Waals surface area contributed by atoms with Gasteiger partial charge in [-0.3, -0.25) is 0 Å². The summed E-state index contributed by atoms with van der Waals surface area (Å²) in [6.45, 7) is 10.5. The maximum absolute atomic E-state index is 11.7. The van der Waals surface area contributed by atoms with Gasteiger partial charge in [0.15, 0.2) is 0 Å². The fourth-order valence-corrected chi connectivity index (χ4v) is 2.97. The van der Waals surface area contributed by atoms with E-state index in [1.807, 2.05) is 6.07 Å². The molecule has 0 bridgehead atoms. The molecule has 2 aromatic rings. The molecule has 3 nitrogen and oxygen atoms in total. The van der Waals surface area contributed by atoms with Crippen LogP contribution in [0.4, 0.5) is 0 Å². The van der Waals surface area contributed by atoms with Gasteiger partial charge in [-0.15, -0.1) is 0 Å². The zero-order chi connectivity index (χ0) is 16.1. The van der Waals surface area contributed by atoms with Crippen molar-refractivity contribution >= 4 is 11.0 Å². The lowest BCUT2D eigenvalue weighted by molar-refractivity contribution is 0.184. The Kier molecular flexibility index (Phi) is 3.39. The normalized spacial score (nSPS) is 18.9. The zero-order valence-electron chi connectivity index (χ0n) is 13.8. The van der Waals surface area contributed by atoms with Gasteiger partial charge in [-0.1, -0.05) is 25.5 Å². The number of hydrogen-bond acceptors (Lipinski definition) is 3. The van der Waals surface area contributed by atoms with Gasteiger partial charge in [-0.25, -0.2) is 4.79 Å². The fourth-order valence-electron chi connectivity index (χ4n) is 2.97. The minimum absolute atomic E-state index is 0.0454. The maximum Gasteiger partial charge on any atom is 0.336 e. The van der Waals surface area contributed by atoms with Crippen LogP contribution in [0.1, 0.15) is 45.7 Å². The van der Waals surface area contributed by atoms with Crippen molar-refractivity contribution in [3.63, 3.8) is 0 Å². The highest BCUT2D eigenvalue weighted by molar-refractivity contribution is 5.85. The van der Waals surface area contributed by atoms with Crippen LogP contribution in [0, 0.1) is 0 Å².